The zero-order valence-electron chi connectivity index (χ0n) is 18.6. The lowest BCUT2D eigenvalue weighted by Gasteiger charge is -2.07. The fourth-order valence-electron chi connectivity index (χ4n) is 4.85. The van der Waals surface area contributed by atoms with Gasteiger partial charge in [0.1, 0.15) is 34.7 Å². The van der Waals surface area contributed by atoms with Crippen molar-refractivity contribution in [1.82, 2.24) is 19.1 Å². The number of hydrogen-bond acceptors (Lipinski definition) is 8. The molecular formula is C25H15FN4O5S. The first-order valence-electron chi connectivity index (χ1n) is 10.9. The van der Waals surface area contributed by atoms with Crippen molar-refractivity contribution < 1.29 is 18.0 Å². The van der Waals surface area contributed by atoms with Gasteiger partial charge in [-0.1, -0.05) is 0 Å². The molecular weight excluding hydrogens is 487 g/mol. The second-order valence-electron chi connectivity index (χ2n) is 8.35. The number of thiophene rings is 1. The van der Waals surface area contributed by atoms with Gasteiger partial charge in [-0.2, -0.15) is 0 Å². The monoisotopic (exact) mass is 502 g/mol. The number of pyridine rings is 1. The first kappa shape index (κ1) is 21.0. The van der Waals surface area contributed by atoms with Gasteiger partial charge >= 0.3 is 5.63 Å². The van der Waals surface area contributed by atoms with Crippen molar-refractivity contribution in [2.45, 2.75) is 13.3 Å². The van der Waals surface area contributed by atoms with Crippen molar-refractivity contribution in [2.75, 3.05) is 7.11 Å². The van der Waals surface area contributed by atoms with Crippen LogP contribution in [-0.4, -0.2) is 26.2 Å². The molecule has 0 atom stereocenters. The van der Waals surface area contributed by atoms with E-state index in [4.69, 9.17) is 13.6 Å². The number of methoxy groups -OCH3 is 1. The van der Waals surface area contributed by atoms with Gasteiger partial charge in [0.05, 0.1) is 34.6 Å². The number of furan rings is 1. The van der Waals surface area contributed by atoms with Gasteiger partial charge < -0.3 is 18.1 Å². The molecule has 0 amide bonds. The highest BCUT2D eigenvalue weighted by Gasteiger charge is 2.24. The SMILES string of the molecule is COCn1cnc2c(Cn3c4cc(F)c5ccoc5c4c4c5cccnc5oc(=O)c43)csc2c1=O. The lowest BCUT2D eigenvalue weighted by Crippen LogP contribution is -2.20. The highest BCUT2D eigenvalue weighted by atomic mass is 32.1. The Morgan fingerprint density at radius 3 is 2.92 bits per heavy atom. The van der Waals surface area contributed by atoms with Gasteiger partial charge in [0, 0.05) is 29.6 Å². The Kier molecular flexibility index (Phi) is 4.41. The van der Waals surface area contributed by atoms with Gasteiger partial charge in [0.15, 0.2) is 0 Å². The summed E-state index contributed by atoms with van der Waals surface area (Å²) in [6, 6.07) is 6.49. The minimum absolute atomic E-state index is 0.0858. The summed E-state index contributed by atoms with van der Waals surface area (Å²) in [7, 11) is 1.50. The van der Waals surface area contributed by atoms with Crippen LogP contribution in [0.3, 0.4) is 0 Å². The van der Waals surface area contributed by atoms with Crippen LogP contribution in [0.5, 0.6) is 0 Å². The summed E-state index contributed by atoms with van der Waals surface area (Å²) in [4.78, 5) is 34.8. The van der Waals surface area contributed by atoms with Gasteiger partial charge in [-0.05, 0) is 29.6 Å². The Hall–Kier alpha value is -4.35. The van der Waals surface area contributed by atoms with E-state index in [1.165, 1.54) is 47.9 Å². The Bertz CT molecular complexity index is 2120. The molecule has 9 nitrogen and oxygen atoms in total. The predicted molar refractivity (Wildman–Crippen MR) is 133 cm³/mol. The second kappa shape index (κ2) is 7.57. The lowest BCUT2D eigenvalue weighted by molar-refractivity contribution is 0.128. The highest BCUT2D eigenvalue weighted by molar-refractivity contribution is 7.17. The van der Waals surface area contributed by atoms with Gasteiger partial charge in [-0.3, -0.25) is 9.36 Å². The van der Waals surface area contributed by atoms with E-state index in [2.05, 4.69) is 9.97 Å². The van der Waals surface area contributed by atoms with E-state index >= 15 is 4.39 Å². The first-order valence-corrected chi connectivity index (χ1v) is 11.8. The third-order valence-electron chi connectivity index (χ3n) is 6.36. The number of halogens is 1. The summed E-state index contributed by atoms with van der Waals surface area (Å²) >= 11 is 1.26. The Morgan fingerprint density at radius 1 is 1.17 bits per heavy atom. The number of benzene rings is 1. The highest BCUT2D eigenvalue weighted by Crippen LogP contribution is 2.39. The fourth-order valence-corrected chi connectivity index (χ4v) is 5.81. The van der Waals surface area contributed by atoms with Crippen LogP contribution in [0.1, 0.15) is 5.56 Å². The van der Waals surface area contributed by atoms with E-state index in [9.17, 15) is 9.59 Å². The number of nitrogens with zero attached hydrogens (tertiary/aromatic N) is 4. The third-order valence-corrected chi connectivity index (χ3v) is 7.36. The molecule has 0 spiro atoms. The summed E-state index contributed by atoms with van der Waals surface area (Å²) in [5.74, 6) is -0.474. The summed E-state index contributed by atoms with van der Waals surface area (Å²) < 4.78 is 35.0. The van der Waals surface area contributed by atoms with Gasteiger partial charge in [-0.15, -0.1) is 11.3 Å². The molecule has 0 aliphatic rings. The van der Waals surface area contributed by atoms with Crippen LogP contribution in [0.4, 0.5) is 4.39 Å². The van der Waals surface area contributed by atoms with Crippen molar-refractivity contribution in [1.29, 1.82) is 0 Å². The largest absolute Gasteiger partial charge is 0.463 e. The quantitative estimate of drug-likeness (QED) is 0.346. The fraction of sp³-hybridized carbons (Fsp3) is 0.120. The smallest absolute Gasteiger partial charge is 0.362 e. The molecule has 0 unspecified atom stereocenters. The Balaban J connectivity index is 1.59. The molecule has 7 aromatic rings. The molecule has 0 N–H and O–H groups in total. The maximum atomic E-state index is 15.1. The minimum atomic E-state index is -0.609. The number of hydrogen-bond donors (Lipinski definition) is 0. The Labute approximate surface area is 203 Å². The number of fused-ring (bicyclic) bond motifs is 8. The number of ether oxygens (including phenoxy) is 1. The van der Waals surface area contributed by atoms with E-state index < -0.39 is 11.4 Å². The van der Waals surface area contributed by atoms with E-state index in [0.29, 0.717) is 48.4 Å². The summed E-state index contributed by atoms with van der Waals surface area (Å²) in [5, 5.41) is 3.90. The van der Waals surface area contributed by atoms with Crippen LogP contribution in [0.25, 0.3) is 54.1 Å². The normalized spacial score (nSPS) is 12.2. The first-order chi connectivity index (χ1) is 17.6. The average molecular weight is 502 g/mol. The molecule has 0 bridgehead atoms. The van der Waals surface area contributed by atoms with Gasteiger partial charge in [0.25, 0.3) is 5.56 Å². The molecule has 0 saturated heterocycles. The standard InChI is InChI=1S/C25H15FN4O5S/c1-33-11-29-10-28-19-12(9-36-22(19)24(29)31)8-30-16-7-15(26)13-4-6-34-21(13)18(16)17-14-3-2-5-27-23(14)35-25(32)20(17)30/h2-7,9-10H,8,11H2,1H3. The van der Waals surface area contributed by atoms with Crippen LogP contribution in [-0.2, 0) is 18.0 Å². The molecule has 0 fully saturated rings. The van der Waals surface area contributed by atoms with Crippen molar-refractivity contribution in [3.05, 3.63) is 80.6 Å². The Morgan fingerprint density at radius 2 is 2.06 bits per heavy atom. The molecule has 36 heavy (non-hydrogen) atoms. The molecule has 178 valence electrons. The number of aromatic nitrogens is 4. The summed E-state index contributed by atoms with van der Waals surface area (Å²) in [5.41, 5.74) is 1.61. The topological polar surface area (TPSA) is 105 Å². The van der Waals surface area contributed by atoms with Crippen molar-refractivity contribution in [2.24, 2.45) is 0 Å². The third kappa shape index (κ3) is 2.77. The molecule has 6 aromatic heterocycles. The van der Waals surface area contributed by atoms with Crippen LogP contribution in [0.2, 0.25) is 0 Å². The average Bonchev–Trinajstić information content (AvgIpc) is 3.59. The summed E-state index contributed by atoms with van der Waals surface area (Å²) in [6.45, 7) is 0.241. The number of rotatable bonds is 4. The van der Waals surface area contributed by atoms with E-state index in [0.717, 1.165) is 0 Å². The second-order valence-corrected chi connectivity index (χ2v) is 9.23. The van der Waals surface area contributed by atoms with Crippen LogP contribution < -0.4 is 11.2 Å². The molecule has 0 aliphatic carbocycles. The van der Waals surface area contributed by atoms with E-state index in [1.54, 1.807) is 22.8 Å². The minimum Gasteiger partial charge on any atom is -0.463 e. The molecule has 0 aliphatic heterocycles. The van der Waals surface area contributed by atoms with Crippen molar-refractivity contribution >= 4 is 65.4 Å². The predicted octanol–water partition coefficient (Wildman–Crippen LogP) is 4.60. The molecule has 6 heterocycles. The zero-order chi connectivity index (χ0) is 24.6. The molecule has 0 radical (unpaired) electrons. The van der Waals surface area contributed by atoms with Crippen molar-refractivity contribution in [3.63, 3.8) is 0 Å². The van der Waals surface area contributed by atoms with E-state index in [1.807, 2.05) is 5.38 Å². The van der Waals surface area contributed by atoms with E-state index in [-0.39, 0.29) is 30.1 Å². The van der Waals surface area contributed by atoms with Crippen molar-refractivity contribution in [3.8, 4) is 0 Å². The zero-order valence-corrected chi connectivity index (χ0v) is 19.5. The molecule has 1 aromatic carbocycles. The van der Waals surface area contributed by atoms with Crippen LogP contribution in [0.15, 0.2) is 66.9 Å². The maximum absolute atomic E-state index is 15.1. The van der Waals surface area contributed by atoms with Crippen LogP contribution >= 0.6 is 11.3 Å². The molecule has 7 rings (SSSR count). The molecule has 11 heteroatoms. The van der Waals surface area contributed by atoms with Crippen LogP contribution in [0, 0.1) is 5.82 Å². The van der Waals surface area contributed by atoms with Gasteiger partial charge in [0.2, 0.25) is 5.71 Å². The summed E-state index contributed by atoms with van der Waals surface area (Å²) in [6.07, 6.45) is 4.39. The maximum Gasteiger partial charge on any atom is 0.362 e. The van der Waals surface area contributed by atoms with Gasteiger partial charge in [-0.25, -0.2) is 19.2 Å². The lowest BCUT2D eigenvalue weighted by atomic mass is 10.1. The molecule has 0 saturated carbocycles.